The third kappa shape index (κ3) is 4.27. The lowest BCUT2D eigenvalue weighted by molar-refractivity contribution is -0.133. The molecule has 6 nitrogen and oxygen atoms in total. The summed E-state index contributed by atoms with van der Waals surface area (Å²) in [6.07, 6.45) is 1.05. The van der Waals surface area contributed by atoms with Gasteiger partial charge in [-0.1, -0.05) is 18.2 Å². The molecule has 0 aromatic heterocycles. The maximum absolute atomic E-state index is 12.2. The van der Waals surface area contributed by atoms with E-state index in [4.69, 9.17) is 5.11 Å². The van der Waals surface area contributed by atoms with E-state index in [2.05, 4.69) is 5.32 Å². The highest BCUT2D eigenvalue weighted by molar-refractivity contribution is 7.91. The van der Waals surface area contributed by atoms with Crippen LogP contribution in [0, 0.1) is 0 Å². The van der Waals surface area contributed by atoms with Gasteiger partial charge in [0.2, 0.25) is 0 Å². The van der Waals surface area contributed by atoms with Gasteiger partial charge in [-0.2, -0.15) is 0 Å². The fourth-order valence-corrected chi connectivity index (χ4v) is 3.01. The van der Waals surface area contributed by atoms with Crippen molar-refractivity contribution >= 4 is 35.5 Å². The zero-order valence-electron chi connectivity index (χ0n) is 11.3. The minimum absolute atomic E-state index is 0. The van der Waals surface area contributed by atoms with Crippen LogP contribution in [0.15, 0.2) is 58.3 Å². The van der Waals surface area contributed by atoms with Gasteiger partial charge in [0.05, 0.1) is 16.8 Å². The summed E-state index contributed by atoms with van der Waals surface area (Å²) in [7, 11) is 0. The highest BCUT2D eigenvalue weighted by Gasteiger charge is 2.26. The molecule has 0 amide bonds. The zero-order valence-corrected chi connectivity index (χ0v) is 12.9. The van der Waals surface area contributed by atoms with E-state index in [1.54, 1.807) is 30.3 Å². The van der Waals surface area contributed by atoms with Crippen molar-refractivity contribution in [2.45, 2.75) is 11.3 Å². The van der Waals surface area contributed by atoms with Gasteiger partial charge < -0.3 is 20.1 Å². The number of carboxylic acid groups (broad SMARTS) is 2. The number of hydrogen-bond acceptors (Lipinski definition) is 4. The molecule has 0 bridgehead atoms. The first-order valence-electron chi connectivity index (χ1n) is 6.06. The maximum Gasteiger partial charge on any atom is 0.333 e. The van der Waals surface area contributed by atoms with Crippen LogP contribution >= 0.6 is 12.4 Å². The minimum Gasteiger partial charge on any atom is -0.611 e. The highest BCUT2D eigenvalue weighted by atomic mass is 35.5. The van der Waals surface area contributed by atoms with E-state index < -0.39 is 23.1 Å². The Hall–Kier alpha value is -1.96. The van der Waals surface area contributed by atoms with Gasteiger partial charge in [-0.3, -0.25) is 0 Å². The number of aliphatic carboxylic acids is 2. The highest BCUT2D eigenvalue weighted by Crippen LogP contribution is 2.22. The van der Waals surface area contributed by atoms with E-state index in [1.165, 1.54) is 6.20 Å². The van der Waals surface area contributed by atoms with Crippen molar-refractivity contribution in [3.05, 3.63) is 53.4 Å². The van der Waals surface area contributed by atoms with Gasteiger partial charge in [-0.05, 0) is 23.3 Å². The third-order valence-corrected chi connectivity index (χ3v) is 4.32. The van der Waals surface area contributed by atoms with Crippen LogP contribution in [0.3, 0.4) is 0 Å². The van der Waals surface area contributed by atoms with Crippen molar-refractivity contribution in [2.75, 3.05) is 5.75 Å². The molecule has 0 saturated carbocycles. The van der Waals surface area contributed by atoms with Crippen LogP contribution in [0.4, 0.5) is 0 Å². The summed E-state index contributed by atoms with van der Waals surface area (Å²) < 4.78 is 12.2. The number of carboxylic acids is 2. The van der Waals surface area contributed by atoms with Gasteiger partial charge in [-0.15, -0.1) is 12.4 Å². The third-order valence-electron chi connectivity index (χ3n) is 2.97. The first-order valence-corrected chi connectivity index (χ1v) is 7.38. The van der Waals surface area contributed by atoms with Crippen LogP contribution in [-0.4, -0.2) is 32.5 Å². The fourth-order valence-electron chi connectivity index (χ4n) is 1.87. The number of halogens is 1. The molecule has 1 heterocycles. The summed E-state index contributed by atoms with van der Waals surface area (Å²) in [4.78, 5) is 22.7. The summed E-state index contributed by atoms with van der Waals surface area (Å²) in [5, 5.41) is 20.7. The summed E-state index contributed by atoms with van der Waals surface area (Å²) >= 11 is -1.40. The maximum atomic E-state index is 12.2. The summed E-state index contributed by atoms with van der Waals surface area (Å²) in [6, 6.07) is 8.67. The van der Waals surface area contributed by atoms with Gasteiger partial charge in [0.25, 0.3) is 0 Å². The van der Waals surface area contributed by atoms with E-state index in [1.807, 2.05) is 0 Å². The van der Waals surface area contributed by atoms with Gasteiger partial charge in [0.15, 0.2) is 10.6 Å². The molecule has 1 aromatic rings. The molecule has 118 valence electrons. The lowest BCUT2D eigenvalue weighted by atomic mass is 10.0. The van der Waals surface area contributed by atoms with Gasteiger partial charge >= 0.3 is 11.9 Å². The van der Waals surface area contributed by atoms with Crippen LogP contribution in [0.1, 0.15) is 6.42 Å². The number of benzene rings is 1. The van der Waals surface area contributed by atoms with E-state index >= 15 is 0 Å². The topological polar surface area (TPSA) is 110 Å². The molecule has 0 fully saturated rings. The predicted molar refractivity (Wildman–Crippen MR) is 83.1 cm³/mol. The van der Waals surface area contributed by atoms with E-state index in [0.717, 1.165) is 0 Å². The molecule has 0 radical (unpaired) electrons. The number of hydrogen-bond donors (Lipinski definition) is 3. The van der Waals surface area contributed by atoms with Crippen molar-refractivity contribution in [3.63, 3.8) is 0 Å². The smallest absolute Gasteiger partial charge is 0.333 e. The van der Waals surface area contributed by atoms with Crippen LogP contribution in [0.2, 0.25) is 0 Å². The molecule has 1 aliphatic heterocycles. The van der Waals surface area contributed by atoms with Crippen LogP contribution < -0.4 is 5.32 Å². The molecule has 1 aromatic carbocycles. The SMILES string of the molecule is Cl.O=C(O)C1=CNC(C[S@+]([O-])c2ccccc2)=C(C(=O)O)C1. The molecule has 0 saturated heterocycles. The Balaban J connectivity index is 0.00000242. The molecule has 22 heavy (non-hydrogen) atoms. The quantitative estimate of drug-likeness (QED) is 0.699. The molecule has 2 rings (SSSR count). The van der Waals surface area contributed by atoms with Gasteiger partial charge in [0, 0.05) is 12.6 Å². The minimum atomic E-state index is -1.40. The van der Waals surface area contributed by atoms with E-state index in [0.29, 0.717) is 4.90 Å². The predicted octanol–water partition coefficient (Wildman–Crippen LogP) is 1.52. The number of dihydropyridines is 1. The first kappa shape index (κ1) is 18.1. The van der Waals surface area contributed by atoms with Crippen molar-refractivity contribution in [1.29, 1.82) is 0 Å². The molecular formula is C14H14ClNO5S. The average Bonchev–Trinajstić information content (AvgIpc) is 2.48. The number of rotatable bonds is 5. The lowest BCUT2D eigenvalue weighted by Gasteiger charge is -2.19. The number of nitrogens with one attached hydrogen (secondary N) is 1. The Morgan fingerprint density at radius 1 is 1.18 bits per heavy atom. The summed E-state index contributed by atoms with van der Waals surface area (Å²) in [5.41, 5.74) is 0.163. The number of carbonyl (C=O) groups is 2. The van der Waals surface area contributed by atoms with Crippen molar-refractivity contribution in [2.24, 2.45) is 0 Å². The largest absolute Gasteiger partial charge is 0.611 e. The first-order chi connectivity index (χ1) is 9.99. The summed E-state index contributed by atoms with van der Waals surface area (Å²) in [5.74, 6) is -2.39. The van der Waals surface area contributed by atoms with Crippen molar-refractivity contribution < 1.29 is 24.4 Å². The van der Waals surface area contributed by atoms with Crippen LogP contribution in [-0.2, 0) is 20.8 Å². The Labute approximate surface area is 136 Å². The Kier molecular flexibility index (Phi) is 6.48. The summed E-state index contributed by atoms with van der Waals surface area (Å²) in [6.45, 7) is 0. The van der Waals surface area contributed by atoms with Crippen molar-refractivity contribution in [1.82, 2.24) is 5.32 Å². The lowest BCUT2D eigenvalue weighted by Crippen LogP contribution is -2.27. The Morgan fingerprint density at radius 3 is 2.36 bits per heavy atom. The van der Waals surface area contributed by atoms with Crippen LogP contribution in [0.25, 0.3) is 0 Å². The fraction of sp³-hybridized carbons (Fsp3) is 0.143. The standard InChI is InChI=1S/C14H13NO5S.ClH/c16-13(17)9-6-11(14(18)19)12(15-7-9)8-21(20)10-4-2-1-3-5-10;/h1-5,7,15H,6,8H2,(H,16,17)(H,18,19);1H/t21-;/m0./s1. The second kappa shape index (κ2) is 7.88. The molecule has 0 aliphatic carbocycles. The molecule has 0 spiro atoms. The second-order valence-electron chi connectivity index (χ2n) is 4.36. The van der Waals surface area contributed by atoms with Gasteiger partial charge in [0.1, 0.15) is 0 Å². The van der Waals surface area contributed by atoms with E-state index in [9.17, 15) is 19.2 Å². The zero-order chi connectivity index (χ0) is 15.4. The second-order valence-corrected chi connectivity index (χ2v) is 5.81. The molecule has 3 N–H and O–H groups in total. The van der Waals surface area contributed by atoms with Crippen LogP contribution in [0.5, 0.6) is 0 Å². The Morgan fingerprint density at radius 2 is 1.82 bits per heavy atom. The Bertz CT molecular complexity index is 629. The average molecular weight is 344 g/mol. The molecule has 8 heteroatoms. The molecule has 1 aliphatic rings. The van der Waals surface area contributed by atoms with Crippen molar-refractivity contribution in [3.8, 4) is 0 Å². The van der Waals surface area contributed by atoms with E-state index in [-0.39, 0.29) is 41.4 Å². The monoisotopic (exact) mass is 343 g/mol. The van der Waals surface area contributed by atoms with Gasteiger partial charge in [-0.25, -0.2) is 9.59 Å². The molecule has 1 atom stereocenters. The molecular weight excluding hydrogens is 330 g/mol. The normalized spacial score (nSPS) is 15.2. The molecule has 0 unspecified atom stereocenters.